The maximum absolute atomic E-state index is 11.2. The summed E-state index contributed by atoms with van der Waals surface area (Å²) in [6.07, 6.45) is 0. The van der Waals surface area contributed by atoms with Crippen LogP contribution in [0.5, 0.6) is 0 Å². The molecule has 0 aliphatic heterocycles. The van der Waals surface area contributed by atoms with Gasteiger partial charge in [-0.05, 0) is 26.0 Å². The highest BCUT2D eigenvalue weighted by molar-refractivity contribution is 5.90. The third kappa shape index (κ3) is 2.32. The van der Waals surface area contributed by atoms with Crippen LogP contribution in [-0.4, -0.2) is 25.8 Å². The standard InChI is InChI=1S/C13H10N4O4/c1-7-12(13(18)19)8(2)16(15-7)10-4-3-9(6-14)11(5-10)17(20)21/h3-5H,1-2H3,(H,18,19). The van der Waals surface area contributed by atoms with Gasteiger partial charge in [0.15, 0.2) is 0 Å². The largest absolute Gasteiger partial charge is 0.478 e. The number of nitriles is 1. The molecule has 0 saturated heterocycles. The van der Waals surface area contributed by atoms with Crippen LogP contribution in [0.1, 0.15) is 27.3 Å². The van der Waals surface area contributed by atoms with Crippen molar-refractivity contribution in [2.24, 2.45) is 0 Å². The number of hydrogen-bond acceptors (Lipinski definition) is 5. The second kappa shape index (κ2) is 5.05. The van der Waals surface area contributed by atoms with Gasteiger partial charge in [-0.1, -0.05) is 0 Å². The van der Waals surface area contributed by atoms with E-state index in [2.05, 4.69) is 5.10 Å². The fourth-order valence-corrected chi connectivity index (χ4v) is 2.10. The molecule has 106 valence electrons. The van der Waals surface area contributed by atoms with Gasteiger partial charge in [-0.3, -0.25) is 10.1 Å². The number of benzene rings is 1. The SMILES string of the molecule is Cc1nn(-c2ccc(C#N)c([N+](=O)[O-])c2)c(C)c1C(=O)O. The summed E-state index contributed by atoms with van der Waals surface area (Å²) in [4.78, 5) is 21.5. The second-order valence-electron chi connectivity index (χ2n) is 4.33. The lowest BCUT2D eigenvalue weighted by Crippen LogP contribution is -2.03. The molecule has 0 spiro atoms. The molecule has 0 aliphatic rings. The molecule has 8 heteroatoms. The molecule has 21 heavy (non-hydrogen) atoms. The van der Waals surface area contributed by atoms with Crippen LogP contribution in [0.4, 0.5) is 5.69 Å². The Hall–Kier alpha value is -3.21. The van der Waals surface area contributed by atoms with Crippen molar-refractivity contribution in [2.45, 2.75) is 13.8 Å². The maximum Gasteiger partial charge on any atom is 0.339 e. The second-order valence-corrected chi connectivity index (χ2v) is 4.33. The molecule has 0 atom stereocenters. The van der Waals surface area contributed by atoms with E-state index < -0.39 is 10.9 Å². The lowest BCUT2D eigenvalue weighted by Gasteiger charge is -2.05. The van der Waals surface area contributed by atoms with Gasteiger partial charge in [-0.2, -0.15) is 10.4 Å². The molecule has 1 N–H and O–H groups in total. The van der Waals surface area contributed by atoms with Crippen LogP contribution >= 0.6 is 0 Å². The van der Waals surface area contributed by atoms with E-state index in [0.29, 0.717) is 17.1 Å². The molecule has 1 aromatic heterocycles. The lowest BCUT2D eigenvalue weighted by atomic mass is 10.1. The van der Waals surface area contributed by atoms with E-state index in [1.165, 1.54) is 22.9 Å². The molecular weight excluding hydrogens is 276 g/mol. The maximum atomic E-state index is 11.2. The first-order chi connectivity index (χ1) is 9.86. The van der Waals surface area contributed by atoms with E-state index in [9.17, 15) is 14.9 Å². The smallest absolute Gasteiger partial charge is 0.339 e. The summed E-state index contributed by atoms with van der Waals surface area (Å²) in [6, 6.07) is 5.73. The molecule has 0 radical (unpaired) electrons. The summed E-state index contributed by atoms with van der Waals surface area (Å²) >= 11 is 0. The number of carboxylic acids is 1. The van der Waals surface area contributed by atoms with Crippen molar-refractivity contribution in [3.05, 3.63) is 50.8 Å². The highest BCUT2D eigenvalue weighted by Gasteiger charge is 2.21. The molecule has 1 heterocycles. The zero-order valence-electron chi connectivity index (χ0n) is 11.2. The average molecular weight is 286 g/mol. The third-order valence-electron chi connectivity index (χ3n) is 3.05. The first kappa shape index (κ1) is 14.2. The van der Waals surface area contributed by atoms with Crippen molar-refractivity contribution in [1.82, 2.24) is 9.78 Å². The quantitative estimate of drug-likeness (QED) is 0.679. The summed E-state index contributed by atoms with van der Waals surface area (Å²) in [5, 5.41) is 33.0. The van der Waals surface area contributed by atoms with Crippen molar-refractivity contribution in [2.75, 3.05) is 0 Å². The predicted molar refractivity (Wildman–Crippen MR) is 71.4 cm³/mol. The Morgan fingerprint density at radius 1 is 1.48 bits per heavy atom. The van der Waals surface area contributed by atoms with Crippen LogP contribution in [0, 0.1) is 35.3 Å². The van der Waals surface area contributed by atoms with Gasteiger partial charge in [0.2, 0.25) is 0 Å². The number of aromatic nitrogens is 2. The number of rotatable bonds is 3. The van der Waals surface area contributed by atoms with Gasteiger partial charge < -0.3 is 5.11 Å². The van der Waals surface area contributed by atoms with E-state index in [0.717, 1.165) is 0 Å². The number of nitrogens with zero attached hydrogens (tertiary/aromatic N) is 4. The van der Waals surface area contributed by atoms with E-state index in [-0.39, 0.29) is 16.8 Å². The number of nitro benzene ring substituents is 1. The van der Waals surface area contributed by atoms with E-state index >= 15 is 0 Å². The number of aromatic carboxylic acids is 1. The van der Waals surface area contributed by atoms with Gasteiger partial charge in [-0.15, -0.1) is 0 Å². The number of nitro groups is 1. The van der Waals surface area contributed by atoms with Gasteiger partial charge in [0, 0.05) is 6.07 Å². The zero-order valence-corrected chi connectivity index (χ0v) is 11.2. The van der Waals surface area contributed by atoms with E-state index in [1.54, 1.807) is 19.9 Å². The van der Waals surface area contributed by atoms with Crippen LogP contribution in [0.15, 0.2) is 18.2 Å². The van der Waals surface area contributed by atoms with Gasteiger partial charge in [0.25, 0.3) is 5.69 Å². The molecule has 0 aliphatic carbocycles. The predicted octanol–water partition coefficient (Wildman–Crippen LogP) is 1.97. The minimum absolute atomic E-state index is 0.0574. The highest BCUT2D eigenvalue weighted by atomic mass is 16.6. The third-order valence-corrected chi connectivity index (χ3v) is 3.05. The Bertz CT molecular complexity index is 801. The van der Waals surface area contributed by atoms with Crippen LogP contribution in [0.2, 0.25) is 0 Å². The Balaban J connectivity index is 2.67. The molecule has 1 aromatic carbocycles. The van der Waals surface area contributed by atoms with Crippen molar-refractivity contribution >= 4 is 11.7 Å². The molecule has 0 saturated carbocycles. The molecule has 0 bridgehead atoms. The monoisotopic (exact) mass is 286 g/mol. The van der Waals surface area contributed by atoms with Crippen LogP contribution in [0.3, 0.4) is 0 Å². The summed E-state index contributed by atoms with van der Waals surface area (Å²) in [5.74, 6) is -1.11. The average Bonchev–Trinajstić information content (AvgIpc) is 2.73. The summed E-state index contributed by atoms with van der Waals surface area (Å²) in [5.41, 5.74) is 0.644. The van der Waals surface area contributed by atoms with Crippen molar-refractivity contribution in [1.29, 1.82) is 5.26 Å². The molecule has 8 nitrogen and oxygen atoms in total. The van der Waals surface area contributed by atoms with Gasteiger partial charge in [0.05, 0.1) is 22.0 Å². The number of aryl methyl sites for hydroxylation is 1. The molecular formula is C13H10N4O4. The van der Waals surface area contributed by atoms with Gasteiger partial charge in [-0.25, -0.2) is 9.48 Å². The summed E-state index contributed by atoms with van der Waals surface area (Å²) in [6.45, 7) is 3.11. The molecule has 2 rings (SSSR count). The minimum Gasteiger partial charge on any atom is -0.478 e. The first-order valence-corrected chi connectivity index (χ1v) is 5.85. The van der Waals surface area contributed by atoms with E-state index in [1.807, 2.05) is 0 Å². The molecule has 0 amide bonds. The highest BCUT2D eigenvalue weighted by Crippen LogP contribution is 2.24. The lowest BCUT2D eigenvalue weighted by molar-refractivity contribution is -0.385. The number of hydrogen-bond donors (Lipinski definition) is 1. The Labute approximate surface area is 119 Å². The topological polar surface area (TPSA) is 122 Å². The van der Waals surface area contributed by atoms with Crippen LogP contribution in [0.25, 0.3) is 5.69 Å². The van der Waals surface area contributed by atoms with Crippen molar-refractivity contribution in [3.63, 3.8) is 0 Å². The molecule has 0 unspecified atom stereocenters. The van der Waals surface area contributed by atoms with Gasteiger partial charge in [0.1, 0.15) is 17.2 Å². The minimum atomic E-state index is -1.11. The molecule has 2 aromatic rings. The normalized spacial score (nSPS) is 10.1. The summed E-state index contributed by atoms with van der Waals surface area (Å²) < 4.78 is 1.31. The van der Waals surface area contributed by atoms with Gasteiger partial charge >= 0.3 is 5.97 Å². The Morgan fingerprint density at radius 2 is 2.14 bits per heavy atom. The zero-order chi connectivity index (χ0) is 15.7. The summed E-state index contributed by atoms with van der Waals surface area (Å²) in [7, 11) is 0. The van der Waals surface area contributed by atoms with Crippen molar-refractivity contribution < 1.29 is 14.8 Å². The Morgan fingerprint density at radius 3 is 2.62 bits per heavy atom. The van der Waals surface area contributed by atoms with E-state index in [4.69, 9.17) is 10.4 Å². The number of carbonyl (C=O) groups is 1. The van der Waals surface area contributed by atoms with Crippen LogP contribution in [-0.2, 0) is 0 Å². The van der Waals surface area contributed by atoms with Crippen LogP contribution < -0.4 is 0 Å². The first-order valence-electron chi connectivity index (χ1n) is 5.85. The number of carboxylic acid groups (broad SMARTS) is 1. The van der Waals surface area contributed by atoms with Crippen molar-refractivity contribution in [3.8, 4) is 11.8 Å². The fourth-order valence-electron chi connectivity index (χ4n) is 2.10. The Kier molecular flexibility index (Phi) is 3.42. The fraction of sp³-hybridized carbons (Fsp3) is 0.154. The molecule has 0 fully saturated rings.